The van der Waals surface area contributed by atoms with Gasteiger partial charge in [-0.3, -0.25) is 4.68 Å². The van der Waals surface area contributed by atoms with Crippen molar-refractivity contribution >= 4 is 39.0 Å². The number of anilines is 1. The highest BCUT2D eigenvalue weighted by molar-refractivity contribution is 7.22. The van der Waals surface area contributed by atoms with Crippen molar-refractivity contribution in [2.24, 2.45) is 7.05 Å². The van der Waals surface area contributed by atoms with E-state index in [9.17, 15) is 5.11 Å². The molecule has 0 radical (unpaired) electrons. The molecule has 0 spiro atoms. The first-order valence-corrected chi connectivity index (χ1v) is 9.20. The molecule has 3 aromatic heterocycles. The van der Waals surface area contributed by atoms with Crippen LogP contribution in [0.3, 0.4) is 0 Å². The van der Waals surface area contributed by atoms with Gasteiger partial charge in [0.25, 0.3) is 0 Å². The van der Waals surface area contributed by atoms with E-state index in [1.165, 1.54) is 6.33 Å². The molecule has 0 amide bonds. The van der Waals surface area contributed by atoms with E-state index in [0.717, 1.165) is 26.2 Å². The largest absolute Gasteiger partial charge is 0.394 e. The number of aliphatic hydroxyl groups excluding tert-OH is 1. The zero-order valence-corrected chi connectivity index (χ0v) is 15.5. The van der Waals surface area contributed by atoms with Crippen LogP contribution in [0.2, 0.25) is 5.02 Å². The van der Waals surface area contributed by atoms with Gasteiger partial charge < -0.3 is 10.4 Å². The van der Waals surface area contributed by atoms with Crippen molar-refractivity contribution in [1.82, 2.24) is 19.7 Å². The summed E-state index contributed by atoms with van der Waals surface area (Å²) < 4.78 is 2.65. The smallest absolute Gasteiger partial charge is 0.148 e. The third kappa shape index (κ3) is 3.29. The SMILES string of the molecule is Cn1cc(C(CO)Nc2ncnc3cc(-c4ccc(Cl)cc4)sc23)cn1. The summed E-state index contributed by atoms with van der Waals surface area (Å²) in [4.78, 5) is 9.83. The predicted octanol–water partition coefficient (Wildman–Crippen LogP) is 3.89. The van der Waals surface area contributed by atoms with Crippen LogP contribution in [-0.4, -0.2) is 31.5 Å². The third-order valence-electron chi connectivity index (χ3n) is 4.06. The molecule has 0 bridgehead atoms. The van der Waals surface area contributed by atoms with E-state index in [4.69, 9.17) is 11.6 Å². The maximum Gasteiger partial charge on any atom is 0.148 e. The quantitative estimate of drug-likeness (QED) is 0.545. The first kappa shape index (κ1) is 17.0. The van der Waals surface area contributed by atoms with Crippen LogP contribution in [0.1, 0.15) is 11.6 Å². The monoisotopic (exact) mass is 385 g/mol. The Morgan fingerprint density at radius 3 is 2.77 bits per heavy atom. The van der Waals surface area contributed by atoms with E-state index in [-0.39, 0.29) is 12.6 Å². The molecule has 0 fully saturated rings. The highest BCUT2D eigenvalue weighted by Crippen LogP contribution is 2.36. The van der Waals surface area contributed by atoms with Crippen LogP contribution in [0.25, 0.3) is 20.7 Å². The van der Waals surface area contributed by atoms with Gasteiger partial charge in [-0.25, -0.2) is 9.97 Å². The van der Waals surface area contributed by atoms with Gasteiger partial charge in [-0.05, 0) is 23.8 Å². The number of aliphatic hydroxyl groups is 1. The van der Waals surface area contributed by atoms with E-state index < -0.39 is 0 Å². The van der Waals surface area contributed by atoms with Crippen LogP contribution >= 0.6 is 22.9 Å². The Kier molecular flexibility index (Phi) is 4.58. The summed E-state index contributed by atoms with van der Waals surface area (Å²) in [7, 11) is 1.85. The van der Waals surface area contributed by atoms with Gasteiger partial charge in [-0.1, -0.05) is 23.7 Å². The number of nitrogens with one attached hydrogen (secondary N) is 1. The summed E-state index contributed by atoms with van der Waals surface area (Å²) in [5.74, 6) is 0.697. The van der Waals surface area contributed by atoms with Crippen molar-refractivity contribution in [3.8, 4) is 10.4 Å². The number of hydrogen-bond acceptors (Lipinski definition) is 6. The number of nitrogens with zero attached hydrogens (tertiary/aromatic N) is 4. The van der Waals surface area contributed by atoms with Crippen LogP contribution in [0.5, 0.6) is 0 Å². The molecular formula is C18H16ClN5OS. The zero-order chi connectivity index (χ0) is 18.1. The fourth-order valence-corrected chi connectivity index (χ4v) is 3.93. The van der Waals surface area contributed by atoms with E-state index >= 15 is 0 Å². The van der Waals surface area contributed by atoms with E-state index in [1.54, 1.807) is 22.2 Å². The minimum atomic E-state index is -0.289. The van der Waals surface area contributed by atoms with Gasteiger partial charge in [0, 0.05) is 28.7 Å². The summed E-state index contributed by atoms with van der Waals surface area (Å²) in [5.41, 5.74) is 2.84. The number of benzene rings is 1. The fraction of sp³-hybridized carbons (Fsp3) is 0.167. The van der Waals surface area contributed by atoms with E-state index in [1.807, 2.05) is 43.6 Å². The Morgan fingerprint density at radius 2 is 2.08 bits per heavy atom. The minimum absolute atomic E-state index is 0.0629. The molecule has 0 aliphatic rings. The second-order valence-corrected chi connectivity index (χ2v) is 7.37. The van der Waals surface area contributed by atoms with Crippen molar-refractivity contribution in [3.05, 3.63) is 59.6 Å². The molecule has 0 aliphatic carbocycles. The molecule has 1 atom stereocenters. The number of rotatable bonds is 5. The standard InChI is InChI=1S/C18H16ClN5OS/c1-24-8-12(7-22-24)15(9-25)23-18-17-14(20-10-21-18)6-16(26-17)11-2-4-13(19)5-3-11/h2-8,10,15,25H,9H2,1H3,(H,20,21,23). The van der Waals surface area contributed by atoms with Crippen LogP contribution < -0.4 is 5.32 Å². The highest BCUT2D eigenvalue weighted by atomic mass is 35.5. The normalized spacial score (nSPS) is 12.4. The lowest BCUT2D eigenvalue weighted by Gasteiger charge is -2.15. The first-order chi connectivity index (χ1) is 12.6. The van der Waals surface area contributed by atoms with Crippen LogP contribution in [-0.2, 0) is 7.05 Å². The van der Waals surface area contributed by atoms with Gasteiger partial charge in [-0.2, -0.15) is 5.10 Å². The summed E-state index contributed by atoms with van der Waals surface area (Å²) in [6.07, 6.45) is 5.14. The molecule has 0 aliphatic heterocycles. The Bertz CT molecular complexity index is 1040. The number of halogens is 1. The van der Waals surface area contributed by atoms with Crippen molar-refractivity contribution in [3.63, 3.8) is 0 Å². The summed E-state index contributed by atoms with van der Waals surface area (Å²) in [6.45, 7) is -0.0629. The van der Waals surface area contributed by atoms with Crippen molar-refractivity contribution < 1.29 is 5.11 Å². The molecule has 3 heterocycles. The van der Waals surface area contributed by atoms with Gasteiger partial charge in [0.15, 0.2) is 0 Å². The highest BCUT2D eigenvalue weighted by Gasteiger charge is 2.16. The molecule has 8 heteroatoms. The molecule has 4 aromatic rings. The molecule has 0 saturated carbocycles. The summed E-state index contributed by atoms with van der Waals surface area (Å²) >= 11 is 7.58. The summed E-state index contributed by atoms with van der Waals surface area (Å²) in [6, 6.07) is 9.46. The number of hydrogen-bond donors (Lipinski definition) is 2. The van der Waals surface area contributed by atoms with Crippen LogP contribution in [0.15, 0.2) is 49.1 Å². The molecule has 1 unspecified atom stereocenters. The van der Waals surface area contributed by atoms with Gasteiger partial charge in [0.1, 0.15) is 12.1 Å². The molecule has 2 N–H and O–H groups in total. The van der Waals surface area contributed by atoms with Crippen molar-refractivity contribution in [1.29, 1.82) is 0 Å². The second kappa shape index (κ2) is 7.03. The average Bonchev–Trinajstić information content (AvgIpc) is 3.27. The number of aromatic nitrogens is 4. The van der Waals surface area contributed by atoms with Gasteiger partial charge in [0.2, 0.25) is 0 Å². The number of fused-ring (bicyclic) bond motifs is 1. The number of thiophene rings is 1. The maximum absolute atomic E-state index is 9.78. The van der Waals surface area contributed by atoms with Crippen LogP contribution in [0.4, 0.5) is 5.82 Å². The predicted molar refractivity (Wildman–Crippen MR) is 105 cm³/mol. The van der Waals surface area contributed by atoms with Gasteiger partial charge in [-0.15, -0.1) is 11.3 Å². The van der Waals surface area contributed by atoms with E-state index in [2.05, 4.69) is 20.4 Å². The molecule has 6 nitrogen and oxygen atoms in total. The van der Waals surface area contributed by atoms with Crippen LogP contribution in [0, 0.1) is 0 Å². The Labute approximate surface area is 159 Å². The topological polar surface area (TPSA) is 75.9 Å². The second-order valence-electron chi connectivity index (χ2n) is 5.88. The van der Waals surface area contributed by atoms with Crippen molar-refractivity contribution in [2.75, 3.05) is 11.9 Å². The lowest BCUT2D eigenvalue weighted by molar-refractivity contribution is 0.276. The molecule has 26 heavy (non-hydrogen) atoms. The molecular weight excluding hydrogens is 370 g/mol. The first-order valence-electron chi connectivity index (χ1n) is 8.00. The molecule has 1 aromatic carbocycles. The zero-order valence-electron chi connectivity index (χ0n) is 13.9. The van der Waals surface area contributed by atoms with Gasteiger partial charge in [0.05, 0.1) is 29.1 Å². The fourth-order valence-electron chi connectivity index (χ4n) is 2.73. The minimum Gasteiger partial charge on any atom is -0.394 e. The van der Waals surface area contributed by atoms with Crippen molar-refractivity contribution in [2.45, 2.75) is 6.04 Å². The molecule has 0 saturated heterocycles. The lowest BCUT2D eigenvalue weighted by Crippen LogP contribution is -2.15. The maximum atomic E-state index is 9.78. The average molecular weight is 386 g/mol. The van der Waals surface area contributed by atoms with Gasteiger partial charge >= 0.3 is 0 Å². The third-order valence-corrected chi connectivity index (χ3v) is 5.49. The Morgan fingerprint density at radius 1 is 1.27 bits per heavy atom. The Balaban J connectivity index is 1.70. The van der Waals surface area contributed by atoms with E-state index in [0.29, 0.717) is 10.8 Å². The summed E-state index contributed by atoms with van der Waals surface area (Å²) in [5, 5.41) is 18.0. The molecule has 4 rings (SSSR count). The lowest BCUT2D eigenvalue weighted by atomic mass is 10.1. The Hall–Kier alpha value is -2.48. The molecule has 132 valence electrons. The number of aryl methyl sites for hydroxylation is 1.